The summed E-state index contributed by atoms with van der Waals surface area (Å²) in [6.07, 6.45) is 2.94. The molecule has 0 heterocycles. The first kappa shape index (κ1) is 7.47. The zero-order valence-corrected chi connectivity index (χ0v) is 6.59. The van der Waals surface area contributed by atoms with Crippen molar-refractivity contribution in [1.29, 1.82) is 0 Å². The van der Waals surface area contributed by atoms with Gasteiger partial charge in [0, 0.05) is 5.56 Å². The molecule has 12 heavy (non-hydrogen) atoms. The molecule has 0 radical (unpaired) electrons. The van der Waals surface area contributed by atoms with Crippen LogP contribution >= 0.6 is 0 Å². The Balaban J connectivity index is 2.40. The quantitative estimate of drug-likeness (QED) is 0.614. The van der Waals surface area contributed by atoms with E-state index in [1.807, 2.05) is 0 Å². The molecule has 1 nitrogen and oxygen atoms in total. The van der Waals surface area contributed by atoms with Crippen molar-refractivity contribution in [2.24, 2.45) is 0 Å². The molecular formula is C10H9FO. The highest BCUT2D eigenvalue weighted by atomic mass is 19.1. The molecule has 0 atom stereocenters. The van der Waals surface area contributed by atoms with Gasteiger partial charge < -0.3 is 0 Å². The van der Waals surface area contributed by atoms with Gasteiger partial charge in [0.25, 0.3) is 0 Å². The van der Waals surface area contributed by atoms with Gasteiger partial charge >= 0.3 is 0 Å². The second-order valence-corrected chi connectivity index (χ2v) is 3.21. The lowest BCUT2D eigenvalue weighted by atomic mass is 10.1. The van der Waals surface area contributed by atoms with Crippen LogP contribution in [0.25, 0.3) is 0 Å². The summed E-state index contributed by atoms with van der Waals surface area (Å²) in [7, 11) is 0. The van der Waals surface area contributed by atoms with Crippen LogP contribution in [0, 0.1) is 5.82 Å². The van der Waals surface area contributed by atoms with Gasteiger partial charge in [-0.05, 0) is 42.5 Å². The molecule has 1 aliphatic carbocycles. The maximum Gasteiger partial charge on any atom is 0.150 e. The van der Waals surface area contributed by atoms with Gasteiger partial charge in [0.15, 0.2) is 0 Å². The Bertz CT molecular complexity index is 316. The highest BCUT2D eigenvalue weighted by Crippen LogP contribution is 2.40. The predicted molar refractivity (Wildman–Crippen MR) is 43.8 cm³/mol. The van der Waals surface area contributed by atoms with Crippen LogP contribution in [-0.4, -0.2) is 6.29 Å². The Labute approximate surface area is 70.2 Å². The van der Waals surface area contributed by atoms with Gasteiger partial charge in [0.2, 0.25) is 0 Å². The van der Waals surface area contributed by atoms with Crippen LogP contribution in [-0.2, 0) is 0 Å². The standard InChI is InChI=1S/C10H9FO/c11-10-4-7(6-12)3-9(5-10)8-1-2-8/h3-6,8H,1-2H2. The van der Waals surface area contributed by atoms with Crippen LogP contribution in [0.1, 0.15) is 34.7 Å². The van der Waals surface area contributed by atoms with E-state index in [1.165, 1.54) is 12.1 Å². The molecule has 1 saturated carbocycles. The van der Waals surface area contributed by atoms with Crippen LogP contribution < -0.4 is 0 Å². The first-order valence-corrected chi connectivity index (χ1v) is 4.05. The van der Waals surface area contributed by atoms with E-state index in [2.05, 4.69) is 0 Å². The number of hydrogen-bond donors (Lipinski definition) is 0. The number of carbonyl (C=O) groups is 1. The lowest BCUT2D eigenvalue weighted by molar-refractivity contribution is 0.112. The number of carbonyl (C=O) groups excluding carboxylic acids is 1. The Morgan fingerprint density at radius 3 is 2.67 bits per heavy atom. The molecule has 0 amide bonds. The van der Waals surface area contributed by atoms with E-state index in [0.717, 1.165) is 18.4 Å². The molecule has 0 spiro atoms. The van der Waals surface area contributed by atoms with Crippen LogP contribution in [0.5, 0.6) is 0 Å². The molecular weight excluding hydrogens is 155 g/mol. The largest absolute Gasteiger partial charge is 0.298 e. The van der Waals surface area contributed by atoms with E-state index in [-0.39, 0.29) is 5.82 Å². The molecule has 2 heteroatoms. The summed E-state index contributed by atoms with van der Waals surface area (Å²) in [4.78, 5) is 10.4. The second kappa shape index (κ2) is 2.70. The summed E-state index contributed by atoms with van der Waals surface area (Å²) in [6.45, 7) is 0. The molecule has 1 aromatic carbocycles. The van der Waals surface area contributed by atoms with Gasteiger partial charge in [0.1, 0.15) is 12.1 Å². The third kappa shape index (κ3) is 1.37. The van der Waals surface area contributed by atoms with Crippen molar-refractivity contribution in [2.45, 2.75) is 18.8 Å². The van der Waals surface area contributed by atoms with Crippen molar-refractivity contribution in [3.05, 3.63) is 35.1 Å². The van der Waals surface area contributed by atoms with Gasteiger partial charge in [-0.2, -0.15) is 0 Å². The lowest BCUT2D eigenvalue weighted by Gasteiger charge is -1.98. The second-order valence-electron chi connectivity index (χ2n) is 3.21. The molecule has 0 saturated heterocycles. The maximum atomic E-state index is 12.8. The van der Waals surface area contributed by atoms with Gasteiger partial charge in [-0.3, -0.25) is 4.79 Å². The highest BCUT2D eigenvalue weighted by Gasteiger charge is 2.24. The topological polar surface area (TPSA) is 17.1 Å². The average molecular weight is 164 g/mol. The molecule has 0 bridgehead atoms. The van der Waals surface area contributed by atoms with Crippen molar-refractivity contribution in [3.63, 3.8) is 0 Å². The van der Waals surface area contributed by atoms with Gasteiger partial charge in [0.05, 0.1) is 0 Å². The Hall–Kier alpha value is -1.18. The zero-order chi connectivity index (χ0) is 8.55. The van der Waals surface area contributed by atoms with Crippen molar-refractivity contribution in [3.8, 4) is 0 Å². The van der Waals surface area contributed by atoms with Crippen molar-refractivity contribution in [1.82, 2.24) is 0 Å². The number of halogens is 1. The fraction of sp³-hybridized carbons (Fsp3) is 0.300. The van der Waals surface area contributed by atoms with Crippen molar-refractivity contribution < 1.29 is 9.18 Å². The fourth-order valence-electron chi connectivity index (χ4n) is 1.36. The molecule has 2 rings (SSSR count). The summed E-state index contributed by atoms with van der Waals surface area (Å²) in [6, 6.07) is 4.55. The van der Waals surface area contributed by atoms with E-state index in [4.69, 9.17) is 0 Å². The lowest BCUT2D eigenvalue weighted by Crippen LogP contribution is -1.87. The summed E-state index contributed by atoms with van der Waals surface area (Å²) in [5.74, 6) is 0.195. The highest BCUT2D eigenvalue weighted by molar-refractivity contribution is 5.75. The van der Waals surface area contributed by atoms with E-state index in [1.54, 1.807) is 6.07 Å². The minimum Gasteiger partial charge on any atom is -0.298 e. The third-order valence-electron chi connectivity index (χ3n) is 2.13. The molecule has 62 valence electrons. The Kier molecular flexibility index (Phi) is 1.68. The number of aldehydes is 1. The Morgan fingerprint density at radius 2 is 2.08 bits per heavy atom. The summed E-state index contributed by atoms with van der Waals surface area (Å²) in [5, 5.41) is 0. The van der Waals surface area contributed by atoms with Crippen LogP contribution in [0.4, 0.5) is 4.39 Å². The monoisotopic (exact) mass is 164 g/mol. The molecule has 0 aliphatic heterocycles. The van der Waals surface area contributed by atoms with Gasteiger partial charge in [-0.25, -0.2) is 4.39 Å². The summed E-state index contributed by atoms with van der Waals surface area (Å²) in [5.41, 5.74) is 1.41. The zero-order valence-electron chi connectivity index (χ0n) is 6.59. The van der Waals surface area contributed by atoms with E-state index >= 15 is 0 Å². The molecule has 1 fully saturated rings. The third-order valence-corrected chi connectivity index (χ3v) is 2.13. The minimum absolute atomic E-state index is 0.304. The van der Waals surface area contributed by atoms with Crippen LogP contribution in [0.3, 0.4) is 0 Å². The first-order valence-electron chi connectivity index (χ1n) is 4.05. The normalized spacial score (nSPS) is 16.1. The molecule has 0 N–H and O–H groups in total. The molecule has 1 aliphatic rings. The minimum atomic E-state index is -0.304. The fourth-order valence-corrected chi connectivity index (χ4v) is 1.36. The maximum absolute atomic E-state index is 12.8. The average Bonchev–Trinajstić information content (AvgIpc) is 2.85. The molecule has 0 aromatic heterocycles. The van der Waals surface area contributed by atoms with Crippen LogP contribution in [0.2, 0.25) is 0 Å². The number of benzene rings is 1. The smallest absolute Gasteiger partial charge is 0.150 e. The van der Waals surface area contributed by atoms with E-state index in [9.17, 15) is 9.18 Å². The molecule has 1 aromatic rings. The summed E-state index contributed by atoms with van der Waals surface area (Å²) >= 11 is 0. The van der Waals surface area contributed by atoms with Crippen LogP contribution in [0.15, 0.2) is 18.2 Å². The van der Waals surface area contributed by atoms with Crippen molar-refractivity contribution >= 4 is 6.29 Å². The summed E-state index contributed by atoms with van der Waals surface area (Å²) < 4.78 is 12.8. The number of rotatable bonds is 2. The number of hydrogen-bond acceptors (Lipinski definition) is 1. The van der Waals surface area contributed by atoms with Gasteiger partial charge in [-0.15, -0.1) is 0 Å². The first-order chi connectivity index (χ1) is 5.79. The van der Waals surface area contributed by atoms with Gasteiger partial charge in [-0.1, -0.05) is 0 Å². The van der Waals surface area contributed by atoms with Crippen molar-refractivity contribution in [2.75, 3.05) is 0 Å². The molecule has 0 unspecified atom stereocenters. The predicted octanol–water partition coefficient (Wildman–Crippen LogP) is 2.52. The Morgan fingerprint density at radius 1 is 1.33 bits per heavy atom. The van der Waals surface area contributed by atoms with E-state index < -0.39 is 0 Å². The van der Waals surface area contributed by atoms with E-state index in [0.29, 0.717) is 17.8 Å². The SMILES string of the molecule is O=Cc1cc(F)cc(C2CC2)c1.